The SMILES string of the molecule is Cc1[nH]c(CC(=O)OC(C)(C)C)nc1CO. The number of carbonyl (C=O) groups excluding carboxylic acids is 1. The van der Waals surface area contributed by atoms with E-state index in [-0.39, 0.29) is 19.0 Å². The van der Waals surface area contributed by atoms with Gasteiger partial charge in [0.2, 0.25) is 0 Å². The zero-order chi connectivity index (χ0) is 12.3. The third-order valence-electron chi connectivity index (χ3n) is 1.92. The summed E-state index contributed by atoms with van der Waals surface area (Å²) in [5.41, 5.74) is 0.859. The Bertz CT molecular complexity index is 377. The molecule has 1 heterocycles. The Kier molecular flexibility index (Phi) is 3.70. The summed E-state index contributed by atoms with van der Waals surface area (Å²) in [6.45, 7) is 7.13. The van der Waals surface area contributed by atoms with Crippen LogP contribution in [0.15, 0.2) is 0 Å². The van der Waals surface area contributed by atoms with Crippen molar-refractivity contribution in [3.8, 4) is 0 Å². The van der Waals surface area contributed by atoms with Gasteiger partial charge in [0.1, 0.15) is 17.8 Å². The lowest BCUT2D eigenvalue weighted by atomic mass is 10.2. The van der Waals surface area contributed by atoms with Crippen molar-refractivity contribution in [3.63, 3.8) is 0 Å². The minimum Gasteiger partial charge on any atom is -0.460 e. The highest BCUT2D eigenvalue weighted by molar-refractivity contribution is 5.72. The molecule has 0 bridgehead atoms. The molecule has 0 saturated heterocycles. The fraction of sp³-hybridized carbons (Fsp3) is 0.636. The normalized spacial score (nSPS) is 11.6. The predicted molar refractivity (Wildman–Crippen MR) is 58.8 cm³/mol. The molecule has 1 rings (SSSR count). The number of H-pyrrole nitrogens is 1. The second-order valence-corrected chi connectivity index (χ2v) is 4.68. The number of hydrogen-bond acceptors (Lipinski definition) is 4. The molecule has 0 saturated carbocycles. The third-order valence-corrected chi connectivity index (χ3v) is 1.92. The number of aryl methyl sites for hydroxylation is 1. The Morgan fingerprint density at radius 3 is 2.56 bits per heavy atom. The van der Waals surface area contributed by atoms with E-state index in [1.54, 1.807) is 6.92 Å². The second-order valence-electron chi connectivity index (χ2n) is 4.68. The standard InChI is InChI=1S/C11H18N2O3/c1-7-8(6-14)13-9(12-7)5-10(15)16-11(2,3)4/h14H,5-6H2,1-4H3,(H,12,13). The number of esters is 1. The molecule has 2 N–H and O–H groups in total. The smallest absolute Gasteiger partial charge is 0.313 e. The predicted octanol–water partition coefficient (Wildman–Crippen LogP) is 1.09. The average Bonchev–Trinajstić information content (AvgIpc) is 2.42. The Morgan fingerprint density at radius 2 is 2.12 bits per heavy atom. The van der Waals surface area contributed by atoms with Gasteiger partial charge in [0.05, 0.1) is 12.3 Å². The van der Waals surface area contributed by atoms with Gasteiger partial charge in [-0.05, 0) is 27.7 Å². The number of aliphatic hydroxyl groups excluding tert-OH is 1. The van der Waals surface area contributed by atoms with Crippen molar-refractivity contribution in [2.24, 2.45) is 0 Å². The maximum atomic E-state index is 11.5. The monoisotopic (exact) mass is 226 g/mol. The van der Waals surface area contributed by atoms with Gasteiger partial charge in [-0.25, -0.2) is 4.98 Å². The van der Waals surface area contributed by atoms with Crippen molar-refractivity contribution in [2.75, 3.05) is 0 Å². The Morgan fingerprint density at radius 1 is 1.50 bits per heavy atom. The molecule has 0 radical (unpaired) electrons. The summed E-state index contributed by atoms with van der Waals surface area (Å²) in [6, 6.07) is 0. The molecule has 0 atom stereocenters. The minimum atomic E-state index is -0.488. The van der Waals surface area contributed by atoms with E-state index in [0.29, 0.717) is 11.5 Å². The Hall–Kier alpha value is -1.36. The summed E-state index contributed by atoms with van der Waals surface area (Å²) in [5, 5.41) is 8.95. The molecule has 0 aliphatic heterocycles. The van der Waals surface area contributed by atoms with Gasteiger partial charge >= 0.3 is 5.97 Å². The fourth-order valence-electron chi connectivity index (χ4n) is 1.32. The topological polar surface area (TPSA) is 75.2 Å². The molecule has 90 valence electrons. The van der Waals surface area contributed by atoms with Crippen LogP contribution in [0.1, 0.15) is 38.0 Å². The molecule has 0 aromatic carbocycles. The summed E-state index contributed by atoms with van der Waals surface area (Å²) < 4.78 is 5.16. The van der Waals surface area contributed by atoms with Crippen LogP contribution in [-0.2, 0) is 22.6 Å². The number of rotatable bonds is 3. The first-order valence-electron chi connectivity index (χ1n) is 5.19. The molecule has 5 nitrogen and oxygen atoms in total. The molecule has 0 aliphatic carbocycles. The lowest BCUT2D eigenvalue weighted by molar-refractivity contribution is -0.154. The molecule has 0 aliphatic rings. The molecule has 0 unspecified atom stereocenters. The molecule has 16 heavy (non-hydrogen) atoms. The Labute approximate surface area is 94.8 Å². The van der Waals surface area contributed by atoms with Crippen molar-refractivity contribution in [3.05, 3.63) is 17.2 Å². The van der Waals surface area contributed by atoms with Crippen molar-refractivity contribution in [2.45, 2.75) is 46.3 Å². The van der Waals surface area contributed by atoms with Crippen LogP contribution in [0.5, 0.6) is 0 Å². The zero-order valence-electron chi connectivity index (χ0n) is 10.1. The maximum Gasteiger partial charge on any atom is 0.313 e. The number of ether oxygens (including phenoxy) is 1. The number of hydrogen-bond donors (Lipinski definition) is 2. The number of aromatic nitrogens is 2. The first-order valence-corrected chi connectivity index (χ1v) is 5.19. The zero-order valence-corrected chi connectivity index (χ0v) is 10.1. The van der Waals surface area contributed by atoms with Crippen LogP contribution >= 0.6 is 0 Å². The van der Waals surface area contributed by atoms with Gasteiger partial charge < -0.3 is 14.8 Å². The van der Waals surface area contributed by atoms with Gasteiger partial charge in [-0.1, -0.05) is 0 Å². The van der Waals surface area contributed by atoms with E-state index in [1.165, 1.54) is 0 Å². The lowest BCUT2D eigenvalue weighted by Gasteiger charge is -2.18. The highest BCUT2D eigenvalue weighted by atomic mass is 16.6. The number of imidazole rings is 1. The summed E-state index contributed by atoms with van der Waals surface area (Å²) in [5.74, 6) is 0.196. The van der Waals surface area contributed by atoms with Crippen molar-refractivity contribution < 1.29 is 14.6 Å². The quantitative estimate of drug-likeness (QED) is 0.757. The van der Waals surface area contributed by atoms with E-state index in [4.69, 9.17) is 9.84 Å². The van der Waals surface area contributed by atoms with E-state index < -0.39 is 5.60 Å². The maximum absolute atomic E-state index is 11.5. The largest absolute Gasteiger partial charge is 0.460 e. The van der Waals surface area contributed by atoms with E-state index in [0.717, 1.165) is 5.69 Å². The Balaban J connectivity index is 2.63. The molecule has 5 heteroatoms. The molecule has 1 aromatic heterocycles. The first kappa shape index (κ1) is 12.7. The van der Waals surface area contributed by atoms with Crippen LogP contribution in [0.4, 0.5) is 0 Å². The van der Waals surface area contributed by atoms with Crippen molar-refractivity contribution in [1.82, 2.24) is 9.97 Å². The third kappa shape index (κ3) is 3.66. The van der Waals surface area contributed by atoms with Gasteiger partial charge in [-0.15, -0.1) is 0 Å². The van der Waals surface area contributed by atoms with Gasteiger partial charge in [0, 0.05) is 5.69 Å². The summed E-state index contributed by atoms with van der Waals surface area (Å²) in [7, 11) is 0. The average molecular weight is 226 g/mol. The van der Waals surface area contributed by atoms with Crippen molar-refractivity contribution >= 4 is 5.97 Å². The molecule has 0 spiro atoms. The van der Waals surface area contributed by atoms with Gasteiger partial charge in [-0.3, -0.25) is 4.79 Å². The lowest BCUT2D eigenvalue weighted by Crippen LogP contribution is -2.25. The van der Waals surface area contributed by atoms with Crippen molar-refractivity contribution in [1.29, 1.82) is 0 Å². The second kappa shape index (κ2) is 4.65. The molecular weight excluding hydrogens is 208 g/mol. The molecule has 0 amide bonds. The number of nitrogens with one attached hydrogen (secondary N) is 1. The van der Waals surface area contributed by atoms with E-state index in [9.17, 15) is 4.79 Å². The summed E-state index contributed by atoms with van der Waals surface area (Å²) in [4.78, 5) is 18.5. The molecular formula is C11H18N2O3. The highest BCUT2D eigenvalue weighted by Crippen LogP contribution is 2.10. The number of aliphatic hydroxyl groups is 1. The number of nitrogens with zero attached hydrogens (tertiary/aromatic N) is 1. The van der Waals surface area contributed by atoms with Crippen LogP contribution in [0.2, 0.25) is 0 Å². The van der Waals surface area contributed by atoms with Crippen LogP contribution in [0.25, 0.3) is 0 Å². The summed E-state index contributed by atoms with van der Waals surface area (Å²) in [6.07, 6.45) is 0.0953. The van der Waals surface area contributed by atoms with Crippen LogP contribution in [0.3, 0.4) is 0 Å². The number of aromatic amines is 1. The van der Waals surface area contributed by atoms with E-state index in [2.05, 4.69) is 9.97 Å². The fourth-order valence-corrected chi connectivity index (χ4v) is 1.32. The van der Waals surface area contributed by atoms with Gasteiger partial charge in [0.25, 0.3) is 0 Å². The van der Waals surface area contributed by atoms with Crippen LogP contribution < -0.4 is 0 Å². The van der Waals surface area contributed by atoms with Crippen LogP contribution in [0, 0.1) is 6.92 Å². The van der Waals surface area contributed by atoms with Crippen LogP contribution in [-0.4, -0.2) is 26.6 Å². The van der Waals surface area contributed by atoms with Gasteiger partial charge in [-0.2, -0.15) is 0 Å². The first-order chi connectivity index (χ1) is 7.31. The van der Waals surface area contributed by atoms with E-state index in [1.807, 2.05) is 20.8 Å². The van der Waals surface area contributed by atoms with E-state index >= 15 is 0 Å². The molecule has 1 aromatic rings. The van der Waals surface area contributed by atoms with Gasteiger partial charge in [0.15, 0.2) is 0 Å². The molecule has 0 fully saturated rings. The highest BCUT2D eigenvalue weighted by Gasteiger charge is 2.18. The number of carbonyl (C=O) groups is 1. The summed E-state index contributed by atoms with van der Waals surface area (Å²) >= 11 is 0. The minimum absolute atomic E-state index is 0.0953.